The fourth-order valence-electron chi connectivity index (χ4n) is 2.80. The van der Waals surface area contributed by atoms with Crippen LogP contribution in [0.5, 0.6) is 0 Å². The van der Waals surface area contributed by atoms with Crippen molar-refractivity contribution >= 4 is 27.3 Å². The van der Waals surface area contributed by atoms with Gasteiger partial charge in [0, 0.05) is 6.61 Å². The van der Waals surface area contributed by atoms with Gasteiger partial charge >= 0.3 is 5.97 Å². The summed E-state index contributed by atoms with van der Waals surface area (Å²) in [6, 6.07) is -0.261. The van der Waals surface area contributed by atoms with Crippen molar-refractivity contribution < 1.29 is 23.1 Å². The minimum Gasteiger partial charge on any atom is -0.477 e. The maximum absolute atomic E-state index is 12.6. The Bertz CT molecular complexity index is 662. The fourth-order valence-corrected chi connectivity index (χ4v) is 5.71. The summed E-state index contributed by atoms with van der Waals surface area (Å²) in [7, 11) is -3.85. The molecule has 2 unspecified atom stereocenters. The molecule has 2 atom stereocenters. The van der Waals surface area contributed by atoms with E-state index in [1.165, 1.54) is 0 Å². The van der Waals surface area contributed by atoms with Gasteiger partial charge in [-0.3, -0.25) is 0 Å². The highest BCUT2D eigenvalue weighted by Crippen LogP contribution is 2.39. The number of carbonyl (C=O) groups is 1. The molecule has 2 heterocycles. The molecule has 0 bridgehead atoms. The lowest BCUT2D eigenvalue weighted by molar-refractivity contribution is 0.0698. The van der Waals surface area contributed by atoms with Gasteiger partial charge in [-0.2, -0.15) is 0 Å². The Morgan fingerprint density at radius 2 is 2.14 bits per heavy atom. The normalized spacial score (nSPS) is 26.1. The van der Waals surface area contributed by atoms with Crippen molar-refractivity contribution in [3.05, 3.63) is 15.8 Å². The van der Waals surface area contributed by atoms with Crippen LogP contribution in [0.25, 0.3) is 0 Å². The molecule has 6 nitrogen and oxygen atoms in total. The summed E-state index contributed by atoms with van der Waals surface area (Å²) in [5.41, 5.74) is 0.465. The Morgan fingerprint density at radius 1 is 1.43 bits per heavy atom. The molecule has 1 saturated heterocycles. The third-order valence-corrected chi connectivity index (χ3v) is 6.80. The number of hydrogen-bond acceptors (Lipinski definition) is 5. The molecule has 2 fully saturated rings. The average Bonchev–Trinajstić information content (AvgIpc) is 3.00. The second-order valence-corrected chi connectivity index (χ2v) is 8.10. The number of thiophene rings is 1. The predicted molar refractivity (Wildman–Crippen MR) is 77.2 cm³/mol. The lowest BCUT2D eigenvalue weighted by Crippen LogP contribution is -2.41. The van der Waals surface area contributed by atoms with E-state index in [-0.39, 0.29) is 21.9 Å². The summed E-state index contributed by atoms with van der Waals surface area (Å²) in [5, 5.41) is 10.7. The zero-order valence-electron chi connectivity index (χ0n) is 11.5. The molecular weight excluding hydrogens is 314 g/mol. The van der Waals surface area contributed by atoms with Crippen LogP contribution in [0.3, 0.4) is 0 Å². The van der Waals surface area contributed by atoms with Crippen LogP contribution in [0.15, 0.2) is 10.3 Å². The lowest BCUT2D eigenvalue weighted by Gasteiger charge is -2.19. The number of ether oxygens (including phenoxy) is 1. The molecule has 0 radical (unpaired) electrons. The lowest BCUT2D eigenvalue weighted by atomic mass is 10.1. The van der Waals surface area contributed by atoms with Crippen molar-refractivity contribution in [2.45, 2.75) is 43.2 Å². The van der Waals surface area contributed by atoms with Gasteiger partial charge in [-0.1, -0.05) is 0 Å². The van der Waals surface area contributed by atoms with E-state index in [2.05, 4.69) is 4.72 Å². The van der Waals surface area contributed by atoms with Crippen molar-refractivity contribution in [2.75, 3.05) is 6.61 Å². The van der Waals surface area contributed by atoms with Crippen LogP contribution >= 0.6 is 11.3 Å². The molecule has 8 heteroatoms. The summed E-state index contributed by atoms with van der Waals surface area (Å²) >= 11 is 0.939. The van der Waals surface area contributed by atoms with Gasteiger partial charge in [0.1, 0.15) is 9.77 Å². The first-order valence-electron chi connectivity index (χ1n) is 6.85. The van der Waals surface area contributed by atoms with E-state index < -0.39 is 16.0 Å². The molecule has 0 aromatic carbocycles. The smallest absolute Gasteiger partial charge is 0.347 e. The van der Waals surface area contributed by atoms with Crippen LogP contribution in [-0.4, -0.2) is 38.2 Å². The predicted octanol–water partition coefficient (Wildman–Crippen LogP) is 1.60. The molecule has 2 aliphatic rings. The van der Waals surface area contributed by atoms with Gasteiger partial charge in [0.05, 0.1) is 12.1 Å². The van der Waals surface area contributed by atoms with E-state index >= 15 is 0 Å². The van der Waals surface area contributed by atoms with Gasteiger partial charge in [0.2, 0.25) is 10.0 Å². The molecular formula is C13H17NO5S2. The molecule has 116 valence electrons. The number of nitrogens with one attached hydrogen (secondary N) is 1. The molecule has 1 saturated carbocycles. The van der Waals surface area contributed by atoms with Crippen LogP contribution in [0, 0.1) is 12.8 Å². The largest absolute Gasteiger partial charge is 0.477 e. The van der Waals surface area contributed by atoms with Gasteiger partial charge in [0.25, 0.3) is 0 Å². The monoisotopic (exact) mass is 331 g/mol. The Balaban J connectivity index is 1.87. The molecule has 0 spiro atoms. The van der Waals surface area contributed by atoms with E-state index in [9.17, 15) is 13.2 Å². The maximum atomic E-state index is 12.6. The van der Waals surface area contributed by atoms with E-state index in [4.69, 9.17) is 9.84 Å². The molecule has 1 aromatic heterocycles. The maximum Gasteiger partial charge on any atom is 0.347 e. The van der Waals surface area contributed by atoms with E-state index in [0.717, 1.165) is 24.2 Å². The summed E-state index contributed by atoms with van der Waals surface area (Å²) in [4.78, 5) is 10.9. The Kier molecular flexibility index (Phi) is 3.81. The molecule has 1 aromatic rings. The quantitative estimate of drug-likeness (QED) is 0.855. The SMILES string of the molecule is Cc1csc(C(=O)O)c1S(=O)(=O)NC1CCOC1C1CC1. The van der Waals surface area contributed by atoms with Gasteiger partial charge in [-0.25, -0.2) is 17.9 Å². The van der Waals surface area contributed by atoms with Gasteiger partial charge < -0.3 is 9.84 Å². The highest BCUT2D eigenvalue weighted by atomic mass is 32.2. The van der Waals surface area contributed by atoms with Gasteiger partial charge in [-0.15, -0.1) is 11.3 Å². The van der Waals surface area contributed by atoms with Crippen LogP contribution in [0.1, 0.15) is 34.5 Å². The zero-order valence-corrected chi connectivity index (χ0v) is 13.2. The fraction of sp³-hybridized carbons (Fsp3) is 0.615. The standard InChI is InChI=1S/C13H17NO5S2/c1-7-6-20-11(13(15)16)12(7)21(17,18)14-9-4-5-19-10(9)8-2-3-8/h6,8-10,14H,2-5H2,1H3,(H,15,16). The minimum absolute atomic E-state index is 0.0769. The first-order valence-corrected chi connectivity index (χ1v) is 9.22. The highest BCUT2D eigenvalue weighted by molar-refractivity contribution is 7.89. The number of aromatic carboxylic acids is 1. The Morgan fingerprint density at radius 3 is 2.76 bits per heavy atom. The molecule has 3 rings (SSSR count). The second kappa shape index (κ2) is 5.35. The van der Waals surface area contributed by atoms with Crippen molar-refractivity contribution in [1.29, 1.82) is 0 Å². The topological polar surface area (TPSA) is 92.7 Å². The summed E-state index contributed by atoms with van der Waals surface area (Å²) < 4.78 is 33.4. The van der Waals surface area contributed by atoms with Crippen LogP contribution in [0.2, 0.25) is 0 Å². The molecule has 1 aliphatic heterocycles. The third kappa shape index (κ3) is 2.85. The first-order chi connectivity index (χ1) is 9.90. The highest BCUT2D eigenvalue weighted by Gasteiger charge is 2.43. The van der Waals surface area contributed by atoms with E-state index in [1.807, 2.05) is 0 Å². The van der Waals surface area contributed by atoms with E-state index in [1.54, 1.807) is 12.3 Å². The van der Waals surface area contributed by atoms with Crippen LogP contribution < -0.4 is 4.72 Å². The minimum atomic E-state index is -3.85. The number of sulfonamides is 1. The summed E-state index contributed by atoms with van der Waals surface area (Å²) in [5.74, 6) is -0.780. The number of rotatable bonds is 5. The number of carboxylic acid groups (broad SMARTS) is 1. The van der Waals surface area contributed by atoms with Crippen LogP contribution in [-0.2, 0) is 14.8 Å². The molecule has 21 heavy (non-hydrogen) atoms. The number of aryl methyl sites for hydroxylation is 1. The number of hydrogen-bond donors (Lipinski definition) is 2. The van der Waals surface area contributed by atoms with Crippen molar-refractivity contribution in [3.8, 4) is 0 Å². The zero-order chi connectivity index (χ0) is 15.2. The average molecular weight is 331 g/mol. The summed E-state index contributed by atoms with van der Waals surface area (Å²) in [6.45, 7) is 2.16. The van der Waals surface area contributed by atoms with E-state index in [0.29, 0.717) is 24.5 Å². The number of carboxylic acids is 1. The first kappa shape index (κ1) is 15.0. The third-order valence-electron chi connectivity index (χ3n) is 3.91. The Hall–Kier alpha value is -0.960. The summed E-state index contributed by atoms with van der Waals surface area (Å²) in [6.07, 6.45) is 2.69. The van der Waals surface area contributed by atoms with Crippen molar-refractivity contribution in [3.63, 3.8) is 0 Å². The van der Waals surface area contributed by atoms with Crippen molar-refractivity contribution in [1.82, 2.24) is 4.72 Å². The van der Waals surface area contributed by atoms with Gasteiger partial charge in [-0.05, 0) is 43.0 Å². The van der Waals surface area contributed by atoms with Crippen LogP contribution in [0.4, 0.5) is 0 Å². The Labute approximate surface area is 127 Å². The second-order valence-electron chi connectivity index (χ2n) is 5.57. The molecule has 1 aliphatic carbocycles. The van der Waals surface area contributed by atoms with Gasteiger partial charge in [0.15, 0.2) is 0 Å². The molecule has 2 N–H and O–H groups in total. The van der Waals surface area contributed by atoms with Crippen molar-refractivity contribution in [2.24, 2.45) is 5.92 Å². The molecule has 0 amide bonds.